The number of aryl methyl sites for hydroxylation is 1. The topological polar surface area (TPSA) is 71.7 Å². The molecule has 1 heterocycles. The van der Waals surface area contributed by atoms with Gasteiger partial charge in [-0.25, -0.2) is 4.79 Å². The number of aliphatic carboxylic acids is 1. The highest BCUT2D eigenvalue weighted by molar-refractivity contribution is 7.16. The van der Waals surface area contributed by atoms with Gasteiger partial charge in [0.25, 0.3) is 5.91 Å². The number of carboxylic acids is 1. The van der Waals surface area contributed by atoms with Gasteiger partial charge in [0, 0.05) is 5.56 Å². The Morgan fingerprint density at radius 2 is 1.82 bits per heavy atom. The standard InChI is InChI=1S/C22H24N2O3S/c1-3-5-8-15-11-13-16(14-12-15)20(25)23-22-24(17(4-2)21(26)27)18-9-6-7-10-19(18)28-22/h6-7,9-14,17H,3-5,8H2,1-2H3,(H,26,27)/b23-22-. The molecule has 3 rings (SSSR count). The maximum atomic E-state index is 12.7. The lowest BCUT2D eigenvalue weighted by Gasteiger charge is -2.13. The summed E-state index contributed by atoms with van der Waals surface area (Å²) < 4.78 is 2.57. The highest BCUT2D eigenvalue weighted by atomic mass is 32.1. The molecule has 1 unspecified atom stereocenters. The lowest BCUT2D eigenvalue weighted by Crippen LogP contribution is -2.27. The van der Waals surface area contributed by atoms with Gasteiger partial charge in [-0.15, -0.1) is 0 Å². The van der Waals surface area contributed by atoms with Gasteiger partial charge in [-0.3, -0.25) is 4.79 Å². The molecule has 2 aromatic carbocycles. The molecule has 6 heteroatoms. The lowest BCUT2D eigenvalue weighted by atomic mass is 10.1. The molecule has 1 aromatic heterocycles. The Bertz CT molecular complexity index is 1050. The number of amides is 1. The minimum Gasteiger partial charge on any atom is -0.480 e. The third-order valence-corrected chi connectivity index (χ3v) is 5.77. The van der Waals surface area contributed by atoms with E-state index in [4.69, 9.17) is 0 Å². The fourth-order valence-electron chi connectivity index (χ4n) is 3.18. The molecule has 0 radical (unpaired) electrons. The fourth-order valence-corrected chi connectivity index (χ4v) is 4.25. The van der Waals surface area contributed by atoms with Crippen molar-refractivity contribution >= 4 is 33.4 Å². The Kier molecular flexibility index (Phi) is 6.41. The summed E-state index contributed by atoms with van der Waals surface area (Å²) in [5.41, 5.74) is 2.49. The highest BCUT2D eigenvalue weighted by Crippen LogP contribution is 2.22. The summed E-state index contributed by atoms with van der Waals surface area (Å²) >= 11 is 1.33. The smallest absolute Gasteiger partial charge is 0.326 e. The number of carboxylic acid groups (broad SMARTS) is 1. The van der Waals surface area contributed by atoms with Crippen LogP contribution in [-0.4, -0.2) is 21.6 Å². The van der Waals surface area contributed by atoms with E-state index in [0.717, 1.165) is 29.5 Å². The summed E-state index contributed by atoms with van der Waals surface area (Å²) in [7, 11) is 0. The number of rotatable bonds is 7. The summed E-state index contributed by atoms with van der Waals surface area (Å²) in [5.74, 6) is -1.29. The molecule has 0 fully saturated rings. The van der Waals surface area contributed by atoms with E-state index in [1.807, 2.05) is 43.3 Å². The minimum absolute atomic E-state index is 0.359. The molecule has 3 aromatic rings. The van der Waals surface area contributed by atoms with Gasteiger partial charge < -0.3 is 9.67 Å². The van der Waals surface area contributed by atoms with Gasteiger partial charge in [0.15, 0.2) is 4.80 Å². The number of carbonyl (C=O) groups is 2. The van der Waals surface area contributed by atoms with E-state index in [0.29, 0.717) is 16.8 Å². The molecule has 0 aliphatic rings. The van der Waals surface area contributed by atoms with Crippen molar-refractivity contribution in [3.05, 3.63) is 64.5 Å². The zero-order valence-electron chi connectivity index (χ0n) is 16.1. The summed E-state index contributed by atoms with van der Waals surface area (Å²) in [5, 5.41) is 9.64. The van der Waals surface area contributed by atoms with E-state index in [2.05, 4.69) is 11.9 Å². The van der Waals surface area contributed by atoms with E-state index >= 15 is 0 Å². The lowest BCUT2D eigenvalue weighted by molar-refractivity contribution is -0.140. The highest BCUT2D eigenvalue weighted by Gasteiger charge is 2.22. The zero-order valence-corrected chi connectivity index (χ0v) is 16.9. The first-order valence-corrected chi connectivity index (χ1v) is 10.4. The number of thiazole rings is 1. The van der Waals surface area contributed by atoms with Crippen molar-refractivity contribution in [1.29, 1.82) is 0 Å². The van der Waals surface area contributed by atoms with Crippen LogP contribution in [0.4, 0.5) is 0 Å². The number of para-hydroxylation sites is 1. The number of nitrogens with zero attached hydrogens (tertiary/aromatic N) is 2. The Hall–Kier alpha value is -2.73. The third kappa shape index (κ3) is 4.22. The average Bonchev–Trinajstić information content (AvgIpc) is 3.05. The number of carbonyl (C=O) groups excluding carboxylic acids is 1. The monoisotopic (exact) mass is 396 g/mol. The molecule has 28 heavy (non-hydrogen) atoms. The molecule has 0 aliphatic carbocycles. The Morgan fingerprint density at radius 3 is 2.46 bits per heavy atom. The molecule has 1 atom stereocenters. The molecular formula is C22H24N2O3S. The quantitative estimate of drug-likeness (QED) is 0.622. The molecule has 0 spiro atoms. The van der Waals surface area contributed by atoms with Crippen LogP contribution in [0.2, 0.25) is 0 Å². The molecule has 0 bridgehead atoms. The van der Waals surface area contributed by atoms with E-state index in [1.165, 1.54) is 16.9 Å². The summed E-state index contributed by atoms with van der Waals surface area (Å²) in [4.78, 5) is 29.2. The van der Waals surface area contributed by atoms with Gasteiger partial charge in [0.1, 0.15) is 6.04 Å². The maximum absolute atomic E-state index is 12.7. The first-order chi connectivity index (χ1) is 13.5. The fraction of sp³-hybridized carbons (Fsp3) is 0.318. The molecule has 0 saturated carbocycles. The van der Waals surface area contributed by atoms with Crippen LogP contribution in [0.5, 0.6) is 0 Å². The molecular weight excluding hydrogens is 372 g/mol. The number of fused-ring (bicyclic) bond motifs is 1. The van der Waals surface area contributed by atoms with Crippen molar-refractivity contribution in [2.24, 2.45) is 4.99 Å². The van der Waals surface area contributed by atoms with Crippen LogP contribution < -0.4 is 4.80 Å². The molecule has 1 N–H and O–H groups in total. The normalized spacial score (nSPS) is 13.0. The van der Waals surface area contributed by atoms with Crippen LogP contribution in [0.25, 0.3) is 10.2 Å². The molecule has 146 valence electrons. The summed E-state index contributed by atoms with van der Waals surface area (Å²) in [6.07, 6.45) is 3.65. The summed E-state index contributed by atoms with van der Waals surface area (Å²) in [6, 6.07) is 14.3. The van der Waals surface area contributed by atoms with Gasteiger partial charge in [0.05, 0.1) is 10.2 Å². The average molecular weight is 397 g/mol. The van der Waals surface area contributed by atoms with Gasteiger partial charge in [0.2, 0.25) is 0 Å². The minimum atomic E-state index is -0.930. The number of benzene rings is 2. The van der Waals surface area contributed by atoms with Crippen molar-refractivity contribution in [3.63, 3.8) is 0 Å². The zero-order chi connectivity index (χ0) is 20.1. The molecule has 0 saturated heterocycles. The predicted molar refractivity (Wildman–Crippen MR) is 112 cm³/mol. The van der Waals surface area contributed by atoms with Crippen LogP contribution in [-0.2, 0) is 11.2 Å². The Morgan fingerprint density at radius 1 is 1.11 bits per heavy atom. The van der Waals surface area contributed by atoms with Crippen LogP contribution >= 0.6 is 11.3 Å². The van der Waals surface area contributed by atoms with Gasteiger partial charge in [-0.1, -0.05) is 55.9 Å². The predicted octanol–water partition coefficient (Wildman–Crippen LogP) is 4.82. The van der Waals surface area contributed by atoms with Crippen LogP contribution in [0.3, 0.4) is 0 Å². The van der Waals surface area contributed by atoms with Crippen molar-refractivity contribution < 1.29 is 14.7 Å². The van der Waals surface area contributed by atoms with Crippen molar-refractivity contribution in [3.8, 4) is 0 Å². The second-order valence-electron chi connectivity index (χ2n) is 6.70. The van der Waals surface area contributed by atoms with Crippen LogP contribution in [0, 0.1) is 0 Å². The Labute approximate surface area is 168 Å². The number of aromatic nitrogens is 1. The second kappa shape index (κ2) is 8.97. The summed E-state index contributed by atoms with van der Waals surface area (Å²) in [6.45, 7) is 3.97. The molecule has 0 aliphatic heterocycles. The number of hydrogen-bond donors (Lipinski definition) is 1. The van der Waals surface area contributed by atoms with E-state index < -0.39 is 12.0 Å². The van der Waals surface area contributed by atoms with Crippen LogP contribution in [0.15, 0.2) is 53.5 Å². The third-order valence-electron chi connectivity index (χ3n) is 4.73. The van der Waals surface area contributed by atoms with E-state index in [1.54, 1.807) is 16.7 Å². The van der Waals surface area contributed by atoms with Crippen LogP contribution in [0.1, 0.15) is 55.1 Å². The number of hydrogen-bond acceptors (Lipinski definition) is 3. The SMILES string of the molecule is CCCCc1ccc(C(=O)/N=c2\sc3ccccc3n2C(CC)C(=O)O)cc1. The van der Waals surface area contributed by atoms with Gasteiger partial charge in [-0.2, -0.15) is 4.99 Å². The maximum Gasteiger partial charge on any atom is 0.326 e. The first-order valence-electron chi connectivity index (χ1n) is 9.56. The van der Waals surface area contributed by atoms with Crippen molar-refractivity contribution in [2.45, 2.75) is 45.6 Å². The largest absolute Gasteiger partial charge is 0.480 e. The van der Waals surface area contributed by atoms with Gasteiger partial charge >= 0.3 is 5.97 Å². The second-order valence-corrected chi connectivity index (χ2v) is 7.71. The van der Waals surface area contributed by atoms with Crippen molar-refractivity contribution in [1.82, 2.24) is 4.57 Å². The van der Waals surface area contributed by atoms with E-state index in [-0.39, 0.29) is 5.91 Å². The Balaban J connectivity index is 2.03. The van der Waals surface area contributed by atoms with E-state index in [9.17, 15) is 14.7 Å². The molecule has 1 amide bonds. The first kappa shape index (κ1) is 20.0. The van der Waals surface area contributed by atoms with Crippen molar-refractivity contribution in [2.75, 3.05) is 0 Å². The number of unbranched alkanes of at least 4 members (excludes halogenated alkanes) is 1. The molecule has 5 nitrogen and oxygen atoms in total. The van der Waals surface area contributed by atoms with Gasteiger partial charge in [-0.05, 0) is 49.1 Å².